The lowest BCUT2D eigenvalue weighted by Gasteiger charge is -2.11. The van der Waals surface area contributed by atoms with Crippen LogP contribution >= 0.6 is 0 Å². The molecule has 1 heterocycles. The van der Waals surface area contributed by atoms with Gasteiger partial charge in [0, 0.05) is 23.5 Å². The van der Waals surface area contributed by atoms with Crippen LogP contribution in [0.25, 0.3) is 10.8 Å². The van der Waals surface area contributed by atoms with Crippen molar-refractivity contribution in [3.8, 4) is 5.75 Å². The highest BCUT2D eigenvalue weighted by Gasteiger charge is 2.08. The SMILES string of the molecule is CCCOc1ccc2ccccc2c1/C=N\NC(=O)c1ccncc1. The van der Waals surface area contributed by atoms with Gasteiger partial charge in [-0.05, 0) is 35.4 Å². The van der Waals surface area contributed by atoms with Crippen LogP contribution in [0.1, 0.15) is 29.3 Å². The molecule has 2 aromatic carbocycles. The Bertz CT molecular complexity index is 892. The fourth-order valence-electron chi connectivity index (χ4n) is 2.47. The Hall–Kier alpha value is -3.21. The van der Waals surface area contributed by atoms with Crippen molar-refractivity contribution in [3.05, 3.63) is 72.1 Å². The summed E-state index contributed by atoms with van der Waals surface area (Å²) >= 11 is 0. The minimum Gasteiger partial charge on any atom is -0.493 e. The third-order valence-electron chi connectivity index (χ3n) is 3.69. The van der Waals surface area contributed by atoms with Crippen molar-refractivity contribution in [3.63, 3.8) is 0 Å². The number of nitrogens with one attached hydrogen (secondary N) is 1. The summed E-state index contributed by atoms with van der Waals surface area (Å²) in [5.74, 6) is 0.470. The Kier molecular flexibility index (Phi) is 5.36. The zero-order valence-corrected chi connectivity index (χ0v) is 14.0. The minimum absolute atomic E-state index is 0.282. The van der Waals surface area contributed by atoms with Gasteiger partial charge < -0.3 is 4.74 Å². The van der Waals surface area contributed by atoms with Gasteiger partial charge in [-0.2, -0.15) is 5.10 Å². The van der Waals surface area contributed by atoms with Crippen molar-refractivity contribution in [2.24, 2.45) is 5.10 Å². The quantitative estimate of drug-likeness (QED) is 0.551. The fourth-order valence-corrected chi connectivity index (χ4v) is 2.47. The highest BCUT2D eigenvalue weighted by atomic mass is 16.5. The van der Waals surface area contributed by atoms with E-state index in [2.05, 4.69) is 22.4 Å². The molecule has 1 amide bonds. The van der Waals surface area contributed by atoms with E-state index >= 15 is 0 Å². The summed E-state index contributed by atoms with van der Waals surface area (Å²) < 4.78 is 5.82. The van der Waals surface area contributed by atoms with Crippen LogP contribution < -0.4 is 10.2 Å². The largest absolute Gasteiger partial charge is 0.493 e. The molecule has 0 bridgehead atoms. The van der Waals surface area contributed by atoms with E-state index in [-0.39, 0.29) is 5.91 Å². The van der Waals surface area contributed by atoms with Crippen LogP contribution in [-0.4, -0.2) is 23.7 Å². The molecular formula is C20H19N3O2. The van der Waals surface area contributed by atoms with Crippen molar-refractivity contribution in [2.75, 3.05) is 6.61 Å². The van der Waals surface area contributed by atoms with Crippen molar-refractivity contribution in [1.82, 2.24) is 10.4 Å². The van der Waals surface area contributed by atoms with Crippen LogP contribution in [0.3, 0.4) is 0 Å². The molecule has 126 valence electrons. The molecule has 0 radical (unpaired) electrons. The first kappa shape index (κ1) is 16.6. The van der Waals surface area contributed by atoms with Crippen LogP contribution in [0.5, 0.6) is 5.75 Å². The van der Waals surface area contributed by atoms with Crippen LogP contribution in [-0.2, 0) is 0 Å². The van der Waals surface area contributed by atoms with E-state index in [0.29, 0.717) is 12.2 Å². The summed E-state index contributed by atoms with van der Waals surface area (Å²) in [7, 11) is 0. The number of rotatable bonds is 6. The van der Waals surface area contributed by atoms with Gasteiger partial charge in [0.15, 0.2) is 0 Å². The molecule has 3 rings (SSSR count). The molecule has 0 aliphatic heterocycles. The fraction of sp³-hybridized carbons (Fsp3) is 0.150. The van der Waals surface area contributed by atoms with Crippen molar-refractivity contribution < 1.29 is 9.53 Å². The molecule has 0 fully saturated rings. The van der Waals surface area contributed by atoms with E-state index in [0.717, 1.165) is 28.5 Å². The van der Waals surface area contributed by atoms with Crippen LogP contribution in [0.2, 0.25) is 0 Å². The second-order valence-electron chi connectivity index (χ2n) is 5.48. The standard InChI is InChI=1S/C20H19N3O2/c1-2-13-25-19-8-7-15-5-3-4-6-17(15)18(19)14-22-23-20(24)16-9-11-21-12-10-16/h3-12,14H,2,13H2,1H3,(H,23,24)/b22-14-. The smallest absolute Gasteiger partial charge is 0.271 e. The molecular weight excluding hydrogens is 314 g/mol. The maximum absolute atomic E-state index is 12.1. The Morgan fingerprint density at radius 2 is 1.96 bits per heavy atom. The molecule has 25 heavy (non-hydrogen) atoms. The van der Waals surface area contributed by atoms with E-state index in [9.17, 15) is 4.79 Å². The number of hydrogen-bond donors (Lipinski definition) is 1. The van der Waals surface area contributed by atoms with Crippen LogP contribution in [0.4, 0.5) is 0 Å². The molecule has 5 heteroatoms. The van der Waals surface area contributed by atoms with Gasteiger partial charge in [-0.3, -0.25) is 9.78 Å². The zero-order valence-electron chi connectivity index (χ0n) is 14.0. The second kappa shape index (κ2) is 8.06. The molecule has 0 saturated carbocycles. The normalized spacial score (nSPS) is 10.9. The summed E-state index contributed by atoms with van der Waals surface area (Å²) in [4.78, 5) is 16.0. The molecule has 0 atom stereocenters. The van der Waals surface area contributed by atoms with Gasteiger partial charge in [-0.1, -0.05) is 37.3 Å². The Balaban J connectivity index is 1.87. The van der Waals surface area contributed by atoms with Crippen molar-refractivity contribution in [1.29, 1.82) is 0 Å². The highest BCUT2D eigenvalue weighted by Crippen LogP contribution is 2.26. The van der Waals surface area contributed by atoms with E-state index in [4.69, 9.17) is 4.74 Å². The van der Waals surface area contributed by atoms with Gasteiger partial charge in [0.2, 0.25) is 0 Å². The number of hydrazone groups is 1. The first-order valence-corrected chi connectivity index (χ1v) is 8.17. The van der Waals surface area contributed by atoms with Gasteiger partial charge in [0.1, 0.15) is 5.75 Å². The zero-order chi connectivity index (χ0) is 17.5. The van der Waals surface area contributed by atoms with E-state index in [1.807, 2.05) is 36.4 Å². The van der Waals surface area contributed by atoms with E-state index in [1.54, 1.807) is 30.7 Å². The number of ether oxygens (including phenoxy) is 1. The molecule has 0 aliphatic carbocycles. The number of nitrogens with zero attached hydrogens (tertiary/aromatic N) is 2. The van der Waals surface area contributed by atoms with Crippen LogP contribution in [0.15, 0.2) is 66.0 Å². The molecule has 0 aliphatic rings. The molecule has 0 saturated heterocycles. The minimum atomic E-state index is -0.282. The number of amides is 1. The average Bonchev–Trinajstić information content (AvgIpc) is 2.67. The summed E-state index contributed by atoms with van der Waals surface area (Å²) in [5, 5.41) is 6.23. The Morgan fingerprint density at radius 1 is 1.16 bits per heavy atom. The first-order chi connectivity index (χ1) is 12.3. The number of hydrogen-bond acceptors (Lipinski definition) is 4. The van der Waals surface area contributed by atoms with Crippen molar-refractivity contribution >= 4 is 22.9 Å². The number of carbonyl (C=O) groups excluding carboxylic acids is 1. The number of fused-ring (bicyclic) bond motifs is 1. The Morgan fingerprint density at radius 3 is 2.76 bits per heavy atom. The van der Waals surface area contributed by atoms with Gasteiger partial charge in [-0.25, -0.2) is 5.43 Å². The van der Waals surface area contributed by atoms with E-state index < -0.39 is 0 Å². The predicted molar refractivity (Wildman–Crippen MR) is 99.0 cm³/mol. The summed E-state index contributed by atoms with van der Waals surface area (Å²) in [6, 6.07) is 15.2. The number of pyridine rings is 1. The average molecular weight is 333 g/mol. The molecule has 0 spiro atoms. The molecule has 5 nitrogen and oxygen atoms in total. The predicted octanol–water partition coefficient (Wildman–Crippen LogP) is 3.79. The van der Waals surface area contributed by atoms with Gasteiger partial charge in [0.05, 0.1) is 12.8 Å². The molecule has 0 unspecified atom stereocenters. The lowest BCUT2D eigenvalue weighted by atomic mass is 10.0. The van der Waals surface area contributed by atoms with Gasteiger partial charge >= 0.3 is 0 Å². The number of carbonyl (C=O) groups is 1. The number of aromatic nitrogens is 1. The second-order valence-corrected chi connectivity index (χ2v) is 5.48. The van der Waals surface area contributed by atoms with Gasteiger partial charge in [-0.15, -0.1) is 0 Å². The third-order valence-corrected chi connectivity index (χ3v) is 3.69. The molecule has 3 aromatic rings. The topological polar surface area (TPSA) is 63.6 Å². The van der Waals surface area contributed by atoms with E-state index in [1.165, 1.54) is 0 Å². The monoisotopic (exact) mass is 333 g/mol. The van der Waals surface area contributed by atoms with Crippen LogP contribution in [0, 0.1) is 0 Å². The lowest BCUT2D eigenvalue weighted by molar-refractivity contribution is 0.0955. The Labute approximate surface area is 146 Å². The summed E-state index contributed by atoms with van der Waals surface area (Å²) in [5.41, 5.74) is 3.90. The first-order valence-electron chi connectivity index (χ1n) is 8.17. The maximum Gasteiger partial charge on any atom is 0.271 e. The number of benzene rings is 2. The summed E-state index contributed by atoms with van der Waals surface area (Å²) in [6.07, 6.45) is 5.69. The highest BCUT2D eigenvalue weighted by molar-refractivity contribution is 6.03. The maximum atomic E-state index is 12.1. The third kappa shape index (κ3) is 4.01. The summed E-state index contributed by atoms with van der Waals surface area (Å²) in [6.45, 7) is 2.69. The van der Waals surface area contributed by atoms with Gasteiger partial charge in [0.25, 0.3) is 5.91 Å². The van der Waals surface area contributed by atoms with Crippen molar-refractivity contribution in [2.45, 2.75) is 13.3 Å². The lowest BCUT2D eigenvalue weighted by Crippen LogP contribution is -2.17. The molecule has 1 N–H and O–H groups in total. The molecule has 1 aromatic heterocycles.